The highest BCUT2D eigenvalue weighted by Gasteiger charge is 2.25. The summed E-state index contributed by atoms with van der Waals surface area (Å²) in [5.74, 6) is 0. The molecule has 5 heteroatoms. The molecule has 0 fully saturated rings. The lowest BCUT2D eigenvalue weighted by atomic mass is 10.1. The van der Waals surface area contributed by atoms with Crippen LogP contribution in [0.15, 0.2) is 64.2 Å². The van der Waals surface area contributed by atoms with Gasteiger partial charge in [0.15, 0.2) is 0 Å². The molecule has 4 nitrogen and oxygen atoms in total. The molecule has 6 N–H and O–H groups in total. The van der Waals surface area contributed by atoms with Gasteiger partial charge in [-0.25, -0.2) is 0 Å². The Morgan fingerprint density at radius 1 is 1.13 bits per heavy atom. The molecule has 0 atom stereocenters. The second-order valence-electron chi connectivity index (χ2n) is 5.57. The zero-order valence-corrected chi connectivity index (χ0v) is 13.9. The summed E-state index contributed by atoms with van der Waals surface area (Å²) in [6.07, 6.45) is 7.91. The average Bonchev–Trinajstić information content (AvgIpc) is 2.97. The van der Waals surface area contributed by atoms with Gasteiger partial charge in [-0.05, 0) is 37.1 Å². The lowest BCUT2D eigenvalue weighted by Crippen LogP contribution is -2.22. The van der Waals surface area contributed by atoms with E-state index in [2.05, 4.69) is 28.5 Å². The van der Waals surface area contributed by atoms with E-state index in [1.54, 1.807) is 11.8 Å². The van der Waals surface area contributed by atoms with Gasteiger partial charge in [-0.2, -0.15) is 0 Å². The van der Waals surface area contributed by atoms with E-state index in [0.29, 0.717) is 6.54 Å². The lowest BCUT2D eigenvalue weighted by molar-refractivity contribution is 0.505. The van der Waals surface area contributed by atoms with Gasteiger partial charge in [-0.3, -0.25) is 0 Å². The predicted octanol–water partition coefficient (Wildman–Crippen LogP) is 2.98. The Labute approximate surface area is 141 Å². The molecule has 0 unspecified atom stereocenters. The highest BCUT2D eigenvalue weighted by molar-refractivity contribution is 8.06. The van der Waals surface area contributed by atoms with E-state index in [9.17, 15) is 0 Å². The average molecular weight is 326 g/mol. The molecule has 0 saturated heterocycles. The van der Waals surface area contributed by atoms with Crippen LogP contribution in [0.4, 0.5) is 5.69 Å². The number of nitrogen functional groups attached to an aromatic ring is 1. The van der Waals surface area contributed by atoms with Crippen LogP contribution in [0.2, 0.25) is 0 Å². The van der Waals surface area contributed by atoms with Crippen LogP contribution in [0, 0.1) is 0 Å². The van der Waals surface area contributed by atoms with Crippen molar-refractivity contribution in [1.82, 2.24) is 4.90 Å². The zero-order valence-electron chi connectivity index (χ0n) is 13.0. The first-order valence-electron chi connectivity index (χ1n) is 7.77. The van der Waals surface area contributed by atoms with E-state index in [0.717, 1.165) is 42.0 Å². The van der Waals surface area contributed by atoms with E-state index in [1.807, 2.05) is 24.3 Å². The number of rotatable bonds is 4. The Hall–Kier alpha value is -2.11. The maximum absolute atomic E-state index is 6.18. The smallest absolute Gasteiger partial charge is 0.0831 e. The molecule has 1 aliphatic heterocycles. The van der Waals surface area contributed by atoms with Crippen molar-refractivity contribution in [3.63, 3.8) is 0 Å². The zero-order chi connectivity index (χ0) is 16.2. The number of allylic oxidation sites excluding steroid dienone is 4. The van der Waals surface area contributed by atoms with Crippen molar-refractivity contribution >= 4 is 23.1 Å². The van der Waals surface area contributed by atoms with Crippen LogP contribution >= 0.6 is 11.8 Å². The summed E-state index contributed by atoms with van der Waals surface area (Å²) in [5.41, 5.74) is 22.9. The number of hydrogen-bond donors (Lipinski definition) is 3. The first kappa shape index (κ1) is 15.8. The van der Waals surface area contributed by atoms with Gasteiger partial charge in [-0.1, -0.05) is 42.1 Å². The van der Waals surface area contributed by atoms with Crippen molar-refractivity contribution < 1.29 is 0 Å². The van der Waals surface area contributed by atoms with Crippen molar-refractivity contribution in [2.45, 2.75) is 12.8 Å². The summed E-state index contributed by atoms with van der Waals surface area (Å²) in [6, 6.07) is 7.99. The first-order valence-corrected chi connectivity index (χ1v) is 8.65. The SMILES string of the molecule is NCCCN1C(c2ccccc2N)=CSC1=C1C=CC(N)=CC1. The molecule has 0 radical (unpaired) electrons. The summed E-state index contributed by atoms with van der Waals surface area (Å²) in [5, 5.41) is 3.43. The van der Waals surface area contributed by atoms with Crippen LogP contribution in [-0.2, 0) is 0 Å². The van der Waals surface area contributed by atoms with Crippen molar-refractivity contribution in [1.29, 1.82) is 0 Å². The quantitative estimate of drug-likeness (QED) is 0.741. The second kappa shape index (κ2) is 6.98. The summed E-state index contributed by atoms with van der Waals surface area (Å²) in [4.78, 5) is 2.33. The first-order chi connectivity index (χ1) is 11.2. The van der Waals surface area contributed by atoms with Crippen molar-refractivity contribution in [2.24, 2.45) is 11.5 Å². The molecule has 0 spiro atoms. The monoisotopic (exact) mass is 326 g/mol. The highest BCUT2D eigenvalue weighted by atomic mass is 32.2. The third-order valence-electron chi connectivity index (χ3n) is 3.95. The van der Waals surface area contributed by atoms with E-state index in [1.165, 1.54) is 10.6 Å². The molecule has 1 aromatic rings. The van der Waals surface area contributed by atoms with Gasteiger partial charge in [0.2, 0.25) is 0 Å². The van der Waals surface area contributed by atoms with Gasteiger partial charge in [0.25, 0.3) is 0 Å². The minimum Gasteiger partial charge on any atom is -0.399 e. The molecule has 2 aliphatic rings. The third-order valence-corrected chi connectivity index (χ3v) is 5.00. The van der Waals surface area contributed by atoms with Gasteiger partial charge in [0, 0.05) is 28.9 Å². The standard InChI is InChI=1S/C18H22N4S/c19-10-3-11-22-17(15-4-1-2-5-16(15)21)12-23-18(22)13-6-8-14(20)9-7-13/h1-2,4-6,8-9,12H,3,7,10-11,19-21H2. The van der Waals surface area contributed by atoms with Crippen LogP contribution in [0.25, 0.3) is 5.70 Å². The normalized spacial score (nSPS) is 20.7. The van der Waals surface area contributed by atoms with Gasteiger partial charge in [-0.15, -0.1) is 0 Å². The number of nitrogens with two attached hydrogens (primary N) is 3. The molecular formula is C18H22N4S. The Morgan fingerprint density at radius 2 is 1.96 bits per heavy atom. The van der Waals surface area contributed by atoms with Crippen LogP contribution in [0.3, 0.4) is 0 Å². The molecule has 1 aliphatic carbocycles. The van der Waals surface area contributed by atoms with Crippen molar-refractivity contribution in [3.8, 4) is 0 Å². The van der Waals surface area contributed by atoms with Gasteiger partial charge in [0.05, 0.1) is 10.7 Å². The minimum absolute atomic E-state index is 0.671. The molecule has 0 bridgehead atoms. The maximum Gasteiger partial charge on any atom is 0.0831 e. The fraction of sp³-hybridized carbons (Fsp3) is 0.222. The van der Waals surface area contributed by atoms with Gasteiger partial charge < -0.3 is 22.1 Å². The highest BCUT2D eigenvalue weighted by Crippen LogP contribution is 2.43. The number of nitrogens with zero attached hydrogens (tertiary/aromatic N) is 1. The molecule has 0 amide bonds. The summed E-state index contributed by atoms with van der Waals surface area (Å²) < 4.78 is 0. The van der Waals surface area contributed by atoms with E-state index >= 15 is 0 Å². The number of thioether (sulfide) groups is 1. The number of anilines is 1. The Bertz CT molecular complexity index is 715. The Morgan fingerprint density at radius 3 is 2.65 bits per heavy atom. The summed E-state index contributed by atoms with van der Waals surface area (Å²) in [7, 11) is 0. The van der Waals surface area contributed by atoms with Crippen LogP contribution in [-0.4, -0.2) is 18.0 Å². The third kappa shape index (κ3) is 3.30. The van der Waals surface area contributed by atoms with Crippen molar-refractivity contribution in [2.75, 3.05) is 18.8 Å². The second-order valence-corrected chi connectivity index (χ2v) is 6.43. The predicted molar refractivity (Wildman–Crippen MR) is 99.9 cm³/mol. The minimum atomic E-state index is 0.671. The summed E-state index contributed by atoms with van der Waals surface area (Å²) >= 11 is 1.75. The fourth-order valence-corrected chi connectivity index (χ4v) is 3.82. The molecule has 1 heterocycles. The fourth-order valence-electron chi connectivity index (χ4n) is 2.73. The number of para-hydroxylation sites is 1. The van der Waals surface area contributed by atoms with E-state index < -0.39 is 0 Å². The van der Waals surface area contributed by atoms with Gasteiger partial charge in [0.1, 0.15) is 0 Å². The van der Waals surface area contributed by atoms with Crippen LogP contribution in [0.1, 0.15) is 18.4 Å². The number of hydrogen-bond acceptors (Lipinski definition) is 5. The van der Waals surface area contributed by atoms with Gasteiger partial charge >= 0.3 is 0 Å². The van der Waals surface area contributed by atoms with E-state index in [4.69, 9.17) is 17.2 Å². The molecule has 0 aromatic heterocycles. The molecular weight excluding hydrogens is 304 g/mol. The van der Waals surface area contributed by atoms with Crippen LogP contribution < -0.4 is 17.2 Å². The topological polar surface area (TPSA) is 81.3 Å². The molecule has 3 rings (SSSR count). The van der Waals surface area contributed by atoms with E-state index in [-0.39, 0.29) is 0 Å². The van der Waals surface area contributed by atoms with Crippen molar-refractivity contribution in [3.05, 3.63) is 69.8 Å². The Kier molecular flexibility index (Phi) is 4.79. The van der Waals surface area contributed by atoms with Crippen LogP contribution in [0.5, 0.6) is 0 Å². The Balaban J connectivity index is 1.95. The lowest BCUT2D eigenvalue weighted by Gasteiger charge is -2.26. The maximum atomic E-state index is 6.18. The number of benzene rings is 1. The summed E-state index contributed by atoms with van der Waals surface area (Å²) in [6.45, 7) is 1.56. The molecule has 23 heavy (non-hydrogen) atoms. The molecule has 120 valence electrons. The largest absolute Gasteiger partial charge is 0.399 e. The molecule has 0 saturated carbocycles. The molecule has 1 aromatic carbocycles.